The van der Waals surface area contributed by atoms with Crippen molar-refractivity contribution in [2.45, 2.75) is 419 Å². The summed E-state index contributed by atoms with van der Waals surface area (Å²) >= 11 is 0. The van der Waals surface area contributed by atoms with Crippen LogP contribution in [0.2, 0.25) is 0 Å². The van der Waals surface area contributed by atoms with Crippen molar-refractivity contribution in [3.63, 3.8) is 0 Å². The minimum Gasteiger partial charge on any atom is -0.462 e. The summed E-state index contributed by atoms with van der Waals surface area (Å²) < 4.78 is 68.5. The lowest BCUT2D eigenvalue weighted by Gasteiger charge is -2.21. The van der Waals surface area contributed by atoms with Crippen LogP contribution in [0.5, 0.6) is 0 Å². The van der Waals surface area contributed by atoms with E-state index in [0.717, 1.165) is 95.8 Å². The number of hydrogen-bond acceptors (Lipinski definition) is 15. The van der Waals surface area contributed by atoms with E-state index < -0.39 is 97.5 Å². The van der Waals surface area contributed by atoms with Gasteiger partial charge in [-0.15, -0.1) is 0 Å². The van der Waals surface area contributed by atoms with Gasteiger partial charge in [0, 0.05) is 25.7 Å². The maximum atomic E-state index is 13.1. The molecule has 0 radical (unpaired) electrons. The van der Waals surface area contributed by atoms with Gasteiger partial charge in [0.1, 0.15) is 19.3 Å². The molecule has 0 aliphatic rings. The van der Waals surface area contributed by atoms with E-state index in [1.165, 1.54) is 225 Å². The van der Waals surface area contributed by atoms with Crippen LogP contribution in [0.3, 0.4) is 0 Å². The molecule has 0 aromatic rings. The Bertz CT molecular complexity index is 1820. The first kappa shape index (κ1) is 93.1. The molecule has 0 aromatic heterocycles. The van der Waals surface area contributed by atoms with Gasteiger partial charge in [0.05, 0.1) is 26.4 Å². The summed E-state index contributed by atoms with van der Waals surface area (Å²) in [6.07, 6.45) is 58.2. The van der Waals surface area contributed by atoms with E-state index in [0.29, 0.717) is 25.7 Å². The summed E-state index contributed by atoms with van der Waals surface area (Å²) in [5, 5.41) is 10.6. The van der Waals surface area contributed by atoms with Gasteiger partial charge in [-0.3, -0.25) is 37.3 Å². The molecular weight excluding hydrogens is 1250 g/mol. The van der Waals surface area contributed by atoms with E-state index in [4.69, 9.17) is 37.0 Å². The number of rotatable bonds is 76. The summed E-state index contributed by atoms with van der Waals surface area (Å²) in [6.45, 7) is 7.27. The van der Waals surface area contributed by atoms with Crippen molar-refractivity contribution < 1.29 is 80.2 Å². The Labute approximate surface area is 581 Å². The summed E-state index contributed by atoms with van der Waals surface area (Å²) in [5.74, 6) is -1.37. The fourth-order valence-corrected chi connectivity index (χ4v) is 13.3. The zero-order valence-corrected chi connectivity index (χ0v) is 63.6. The number of phosphoric acid groups is 2. The Kier molecular flexibility index (Phi) is 67.7. The summed E-state index contributed by atoms with van der Waals surface area (Å²) in [7, 11) is -9.91. The maximum Gasteiger partial charge on any atom is 0.472 e. The molecule has 564 valence electrons. The molecule has 95 heavy (non-hydrogen) atoms. The molecule has 0 bridgehead atoms. The Hall–Kier alpha value is -1.94. The molecule has 0 saturated heterocycles. The number of carbonyl (C=O) groups is 4. The number of esters is 4. The van der Waals surface area contributed by atoms with Crippen LogP contribution >= 0.6 is 15.6 Å². The molecule has 0 spiro atoms. The maximum absolute atomic E-state index is 13.1. The van der Waals surface area contributed by atoms with E-state index in [1.54, 1.807) is 0 Å². The number of hydrogen-bond donors (Lipinski definition) is 3. The van der Waals surface area contributed by atoms with Crippen LogP contribution in [0.4, 0.5) is 0 Å². The van der Waals surface area contributed by atoms with Gasteiger partial charge in [0.15, 0.2) is 12.2 Å². The zero-order valence-electron chi connectivity index (χ0n) is 61.8. The van der Waals surface area contributed by atoms with E-state index in [2.05, 4.69) is 34.6 Å². The number of aliphatic hydroxyl groups is 1. The van der Waals surface area contributed by atoms with Gasteiger partial charge in [0.25, 0.3) is 0 Å². The van der Waals surface area contributed by atoms with Crippen LogP contribution in [0.25, 0.3) is 0 Å². The average Bonchev–Trinajstić information content (AvgIpc) is 2.46. The Morgan fingerprint density at radius 1 is 0.284 bits per heavy atom. The first-order valence-electron chi connectivity index (χ1n) is 39.6. The van der Waals surface area contributed by atoms with Crippen LogP contribution in [-0.4, -0.2) is 96.7 Å². The Balaban J connectivity index is 5.21. The minimum absolute atomic E-state index is 0.108. The molecule has 3 N–H and O–H groups in total. The molecule has 0 aromatic carbocycles. The van der Waals surface area contributed by atoms with Gasteiger partial charge in [-0.2, -0.15) is 0 Å². The quantitative estimate of drug-likeness (QED) is 0.0222. The van der Waals surface area contributed by atoms with Crippen molar-refractivity contribution >= 4 is 39.5 Å². The molecular formula is C76H148O17P2. The molecule has 0 aliphatic heterocycles. The number of aliphatic hydroxyl groups excluding tert-OH is 1. The highest BCUT2D eigenvalue weighted by molar-refractivity contribution is 7.47. The molecule has 19 heteroatoms. The van der Waals surface area contributed by atoms with Gasteiger partial charge >= 0.3 is 39.5 Å². The number of ether oxygens (including phenoxy) is 4. The molecule has 2 unspecified atom stereocenters. The highest BCUT2D eigenvalue weighted by atomic mass is 31.2. The van der Waals surface area contributed by atoms with Crippen LogP contribution < -0.4 is 0 Å². The number of unbranched alkanes of at least 4 members (excludes halogenated alkanes) is 48. The second-order valence-corrected chi connectivity index (χ2v) is 30.8. The van der Waals surface area contributed by atoms with Crippen LogP contribution in [0.15, 0.2) is 0 Å². The lowest BCUT2D eigenvalue weighted by atomic mass is 10.0. The van der Waals surface area contributed by atoms with E-state index >= 15 is 0 Å². The van der Waals surface area contributed by atoms with Crippen molar-refractivity contribution in [2.24, 2.45) is 5.92 Å². The monoisotopic (exact) mass is 1400 g/mol. The Morgan fingerprint density at radius 3 is 0.716 bits per heavy atom. The molecule has 0 saturated carbocycles. The second-order valence-electron chi connectivity index (χ2n) is 27.9. The lowest BCUT2D eigenvalue weighted by Crippen LogP contribution is -2.30. The van der Waals surface area contributed by atoms with E-state index in [9.17, 15) is 43.2 Å². The van der Waals surface area contributed by atoms with Gasteiger partial charge in [-0.05, 0) is 31.6 Å². The topological polar surface area (TPSA) is 237 Å². The third-order valence-electron chi connectivity index (χ3n) is 17.8. The Morgan fingerprint density at radius 2 is 0.484 bits per heavy atom. The fourth-order valence-electron chi connectivity index (χ4n) is 11.7. The predicted molar refractivity (Wildman–Crippen MR) is 386 cm³/mol. The molecule has 0 fully saturated rings. The third-order valence-corrected chi connectivity index (χ3v) is 19.7. The number of carbonyl (C=O) groups excluding carboxylic acids is 4. The summed E-state index contributed by atoms with van der Waals surface area (Å²) in [4.78, 5) is 72.8. The summed E-state index contributed by atoms with van der Waals surface area (Å²) in [6, 6.07) is 0. The van der Waals surface area contributed by atoms with Crippen molar-refractivity contribution in [1.82, 2.24) is 0 Å². The summed E-state index contributed by atoms with van der Waals surface area (Å²) in [5.41, 5.74) is 0. The van der Waals surface area contributed by atoms with Crippen molar-refractivity contribution in [2.75, 3.05) is 39.6 Å². The second kappa shape index (κ2) is 69.2. The normalized spacial score (nSPS) is 13.9. The smallest absolute Gasteiger partial charge is 0.462 e. The van der Waals surface area contributed by atoms with Gasteiger partial charge < -0.3 is 33.8 Å². The van der Waals surface area contributed by atoms with Crippen LogP contribution in [-0.2, 0) is 65.4 Å². The SMILES string of the molecule is CCCCCCCCCCCCCCCCCCCCCCC(=O)O[C@H](COC(=O)CCCCCCCCCCCC(C)C)COP(=O)(O)OC[C@@H](O)COP(=O)(O)OC[C@@H](COC(=O)CCCCCCCCCCCCC)OC(=O)CCCCCCCCCCCCCC. The molecule has 0 heterocycles. The van der Waals surface area contributed by atoms with Crippen molar-refractivity contribution in [1.29, 1.82) is 0 Å². The lowest BCUT2D eigenvalue weighted by molar-refractivity contribution is -0.161. The predicted octanol–water partition coefficient (Wildman–Crippen LogP) is 22.5. The molecule has 0 amide bonds. The first-order valence-corrected chi connectivity index (χ1v) is 42.6. The largest absolute Gasteiger partial charge is 0.472 e. The third kappa shape index (κ3) is 70.3. The first-order chi connectivity index (χ1) is 46.0. The zero-order chi connectivity index (χ0) is 69.8. The van der Waals surface area contributed by atoms with Gasteiger partial charge in [-0.1, -0.05) is 349 Å². The average molecular weight is 1400 g/mol. The van der Waals surface area contributed by atoms with Gasteiger partial charge in [0.2, 0.25) is 0 Å². The standard InChI is InChI=1S/C76H148O17P2/c1-6-9-12-15-18-21-24-26-27-28-29-30-31-32-33-36-41-47-52-57-62-76(81)93-72(66-87-74(79)60-55-50-45-42-37-38-43-48-53-58-69(4)5)68-91-95(84,85)89-64-70(77)63-88-94(82,83)90-67-71(65-86-73(78)59-54-49-44-39-34-23-20-17-14-11-8-3)92-75(80)61-56-51-46-40-35-25-22-19-16-13-10-7-2/h69-72,77H,6-68H2,1-5H3,(H,82,83)(H,84,85)/t70-,71+,72+/m0/s1. The van der Waals surface area contributed by atoms with E-state index in [1.807, 2.05) is 0 Å². The highest BCUT2D eigenvalue weighted by Crippen LogP contribution is 2.45. The molecule has 0 rings (SSSR count). The van der Waals surface area contributed by atoms with Crippen LogP contribution in [0.1, 0.15) is 401 Å². The van der Waals surface area contributed by atoms with Crippen LogP contribution in [0, 0.1) is 5.92 Å². The highest BCUT2D eigenvalue weighted by Gasteiger charge is 2.30. The van der Waals surface area contributed by atoms with E-state index in [-0.39, 0.29) is 25.7 Å². The number of phosphoric ester groups is 2. The van der Waals surface area contributed by atoms with Crippen molar-refractivity contribution in [3.8, 4) is 0 Å². The fraction of sp³-hybridized carbons (Fsp3) is 0.947. The minimum atomic E-state index is -4.96. The molecule has 5 atom stereocenters. The molecule has 17 nitrogen and oxygen atoms in total. The molecule has 0 aliphatic carbocycles. The van der Waals surface area contributed by atoms with Gasteiger partial charge in [-0.25, -0.2) is 9.13 Å². The van der Waals surface area contributed by atoms with Crippen molar-refractivity contribution in [3.05, 3.63) is 0 Å².